The standard InChI is InChI=1S/C16H13FN2O3/c17-13-7-6-12(19(21)22)10-14(13)18-15(20)16(8-9-16)11-4-2-1-3-5-11/h1-7,10H,8-9H2,(H,18,20). The van der Waals surface area contributed by atoms with Crippen molar-refractivity contribution in [3.8, 4) is 0 Å². The normalized spacial score (nSPS) is 15.1. The van der Waals surface area contributed by atoms with Gasteiger partial charge in [0.2, 0.25) is 5.91 Å². The van der Waals surface area contributed by atoms with Gasteiger partial charge in [-0.1, -0.05) is 30.3 Å². The van der Waals surface area contributed by atoms with Crippen LogP contribution in [0.3, 0.4) is 0 Å². The molecule has 1 saturated carbocycles. The van der Waals surface area contributed by atoms with Gasteiger partial charge in [0, 0.05) is 12.1 Å². The second-order valence-corrected chi connectivity index (χ2v) is 5.32. The minimum absolute atomic E-state index is 0.165. The molecular formula is C16H13FN2O3. The van der Waals surface area contributed by atoms with Crippen molar-refractivity contribution in [2.24, 2.45) is 0 Å². The van der Waals surface area contributed by atoms with Crippen LogP contribution in [0, 0.1) is 15.9 Å². The van der Waals surface area contributed by atoms with Crippen LogP contribution in [0.25, 0.3) is 0 Å². The van der Waals surface area contributed by atoms with Gasteiger partial charge in [-0.3, -0.25) is 14.9 Å². The summed E-state index contributed by atoms with van der Waals surface area (Å²) in [6.07, 6.45) is 1.36. The molecule has 0 radical (unpaired) electrons. The van der Waals surface area contributed by atoms with Crippen molar-refractivity contribution >= 4 is 17.3 Å². The van der Waals surface area contributed by atoms with Crippen LogP contribution in [-0.4, -0.2) is 10.8 Å². The van der Waals surface area contributed by atoms with E-state index in [0.717, 1.165) is 23.8 Å². The van der Waals surface area contributed by atoms with E-state index in [9.17, 15) is 19.3 Å². The molecule has 0 atom stereocenters. The van der Waals surface area contributed by atoms with Crippen molar-refractivity contribution in [2.45, 2.75) is 18.3 Å². The lowest BCUT2D eigenvalue weighted by Crippen LogP contribution is -2.28. The van der Waals surface area contributed by atoms with Gasteiger partial charge in [-0.05, 0) is 24.5 Å². The van der Waals surface area contributed by atoms with Crippen molar-refractivity contribution in [1.82, 2.24) is 0 Å². The average molecular weight is 300 g/mol. The molecule has 0 aromatic heterocycles. The summed E-state index contributed by atoms with van der Waals surface area (Å²) in [4.78, 5) is 22.6. The first kappa shape index (κ1) is 14.2. The maximum absolute atomic E-state index is 13.8. The third-order valence-electron chi connectivity index (χ3n) is 3.92. The third-order valence-corrected chi connectivity index (χ3v) is 3.92. The maximum atomic E-state index is 13.8. The van der Waals surface area contributed by atoms with Crippen LogP contribution in [0.1, 0.15) is 18.4 Å². The summed E-state index contributed by atoms with van der Waals surface area (Å²) in [5, 5.41) is 13.2. The molecule has 0 heterocycles. The van der Waals surface area contributed by atoms with Crippen molar-refractivity contribution in [3.05, 3.63) is 70.0 Å². The molecule has 1 amide bonds. The largest absolute Gasteiger partial charge is 0.323 e. The highest BCUT2D eigenvalue weighted by atomic mass is 19.1. The van der Waals surface area contributed by atoms with E-state index in [1.54, 1.807) is 0 Å². The first-order valence-corrected chi connectivity index (χ1v) is 6.84. The Morgan fingerprint density at radius 3 is 2.45 bits per heavy atom. The van der Waals surface area contributed by atoms with Crippen LogP contribution in [0.2, 0.25) is 0 Å². The number of nitrogens with one attached hydrogen (secondary N) is 1. The Morgan fingerprint density at radius 2 is 1.86 bits per heavy atom. The van der Waals surface area contributed by atoms with Crippen LogP contribution in [0.5, 0.6) is 0 Å². The highest BCUT2D eigenvalue weighted by molar-refractivity contribution is 6.01. The van der Waals surface area contributed by atoms with Crippen molar-refractivity contribution in [3.63, 3.8) is 0 Å². The van der Waals surface area contributed by atoms with Gasteiger partial charge < -0.3 is 5.32 Å². The van der Waals surface area contributed by atoms with Crippen molar-refractivity contribution < 1.29 is 14.1 Å². The van der Waals surface area contributed by atoms with Gasteiger partial charge in [0.1, 0.15) is 5.82 Å². The first-order valence-electron chi connectivity index (χ1n) is 6.84. The first-order chi connectivity index (χ1) is 10.5. The minimum atomic E-state index is -0.692. The number of carbonyl (C=O) groups is 1. The van der Waals surface area contributed by atoms with E-state index in [-0.39, 0.29) is 17.3 Å². The summed E-state index contributed by atoms with van der Waals surface area (Å²) in [5.74, 6) is -1.03. The van der Waals surface area contributed by atoms with E-state index in [2.05, 4.69) is 5.32 Å². The van der Waals surface area contributed by atoms with Gasteiger partial charge in [-0.2, -0.15) is 0 Å². The number of non-ortho nitro benzene ring substituents is 1. The molecule has 0 unspecified atom stereocenters. The molecule has 0 saturated heterocycles. The zero-order valence-corrected chi connectivity index (χ0v) is 11.6. The number of benzene rings is 2. The molecule has 2 aromatic rings. The molecule has 2 aromatic carbocycles. The average Bonchev–Trinajstić information content (AvgIpc) is 3.32. The quantitative estimate of drug-likeness (QED) is 0.694. The number of rotatable bonds is 4. The predicted octanol–water partition coefficient (Wildman–Crippen LogP) is 3.40. The van der Waals surface area contributed by atoms with Crippen LogP contribution in [0.15, 0.2) is 48.5 Å². The lowest BCUT2D eigenvalue weighted by atomic mass is 9.95. The zero-order chi connectivity index (χ0) is 15.7. The summed E-state index contributed by atoms with van der Waals surface area (Å²) in [5.41, 5.74) is -0.209. The Labute approximate surface area is 125 Å². The molecule has 1 aliphatic rings. The highest BCUT2D eigenvalue weighted by Gasteiger charge is 2.51. The van der Waals surface area contributed by atoms with E-state index >= 15 is 0 Å². The molecule has 6 heteroatoms. The van der Waals surface area contributed by atoms with Gasteiger partial charge in [0.25, 0.3) is 5.69 Å². The summed E-state index contributed by atoms with van der Waals surface area (Å²) in [7, 11) is 0. The van der Waals surface area contributed by atoms with Gasteiger partial charge >= 0.3 is 0 Å². The SMILES string of the molecule is O=C(Nc1cc([N+](=O)[O-])ccc1F)C1(c2ccccc2)CC1. The van der Waals surface area contributed by atoms with Gasteiger partial charge in [-0.15, -0.1) is 0 Å². The Balaban J connectivity index is 1.86. The van der Waals surface area contributed by atoms with E-state index in [0.29, 0.717) is 12.8 Å². The molecule has 1 N–H and O–H groups in total. The fraction of sp³-hybridized carbons (Fsp3) is 0.188. The number of hydrogen-bond donors (Lipinski definition) is 1. The summed E-state index contributed by atoms with van der Waals surface area (Å²) in [6.45, 7) is 0. The molecule has 1 aliphatic carbocycles. The number of amides is 1. The fourth-order valence-corrected chi connectivity index (χ4v) is 2.49. The van der Waals surface area contributed by atoms with Gasteiger partial charge in [-0.25, -0.2) is 4.39 Å². The van der Waals surface area contributed by atoms with E-state index in [1.165, 1.54) is 0 Å². The zero-order valence-electron chi connectivity index (χ0n) is 11.6. The lowest BCUT2D eigenvalue weighted by molar-refractivity contribution is -0.384. The molecule has 0 aliphatic heterocycles. The highest BCUT2D eigenvalue weighted by Crippen LogP contribution is 2.49. The Bertz CT molecular complexity index is 742. The number of carbonyl (C=O) groups excluding carboxylic acids is 1. The number of hydrogen-bond acceptors (Lipinski definition) is 3. The fourth-order valence-electron chi connectivity index (χ4n) is 2.49. The molecule has 0 spiro atoms. The van der Waals surface area contributed by atoms with Crippen molar-refractivity contribution in [1.29, 1.82) is 0 Å². The van der Waals surface area contributed by atoms with Crippen LogP contribution in [0.4, 0.5) is 15.8 Å². The number of nitro benzene ring substituents is 1. The van der Waals surface area contributed by atoms with Crippen LogP contribution < -0.4 is 5.32 Å². The summed E-state index contributed by atoms with van der Waals surface area (Å²) in [6, 6.07) is 12.3. The summed E-state index contributed by atoms with van der Waals surface area (Å²) >= 11 is 0. The Kier molecular flexibility index (Phi) is 3.36. The van der Waals surface area contributed by atoms with E-state index in [4.69, 9.17) is 0 Å². The van der Waals surface area contributed by atoms with Crippen molar-refractivity contribution in [2.75, 3.05) is 5.32 Å². The molecule has 0 bridgehead atoms. The minimum Gasteiger partial charge on any atom is -0.323 e. The van der Waals surface area contributed by atoms with E-state index in [1.807, 2.05) is 30.3 Å². The molecule has 5 nitrogen and oxygen atoms in total. The van der Waals surface area contributed by atoms with Crippen LogP contribution in [-0.2, 0) is 10.2 Å². The monoisotopic (exact) mass is 300 g/mol. The Hall–Kier alpha value is -2.76. The number of nitro groups is 1. The summed E-state index contributed by atoms with van der Waals surface area (Å²) < 4.78 is 13.8. The third kappa shape index (κ3) is 2.43. The predicted molar refractivity (Wildman–Crippen MR) is 79.0 cm³/mol. The molecule has 1 fully saturated rings. The molecule has 112 valence electrons. The molecular weight excluding hydrogens is 287 g/mol. The molecule has 22 heavy (non-hydrogen) atoms. The smallest absolute Gasteiger partial charge is 0.271 e. The maximum Gasteiger partial charge on any atom is 0.271 e. The second-order valence-electron chi connectivity index (χ2n) is 5.32. The number of nitrogens with zero attached hydrogens (tertiary/aromatic N) is 1. The van der Waals surface area contributed by atoms with Gasteiger partial charge in [0.05, 0.1) is 16.0 Å². The number of anilines is 1. The topological polar surface area (TPSA) is 72.2 Å². The Morgan fingerprint density at radius 1 is 1.18 bits per heavy atom. The lowest BCUT2D eigenvalue weighted by Gasteiger charge is -2.16. The van der Waals surface area contributed by atoms with Crippen LogP contribution >= 0.6 is 0 Å². The second kappa shape index (κ2) is 5.22. The number of halogens is 1. The molecule has 3 rings (SSSR count). The van der Waals surface area contributed by atoms with Gasteiger partial charge in [0.15, 0.2) is 0 Å². The van der Waals surface area contributed by atoms with E-state index < -0.39 is 16.2 Å².